The fraction of sp³-hybridized carbons (Fsp3) is 0.724. The summed E-state index contributed by atoms with van der Waals surface area (Å²) in [4.78, 5) is 23.4. The number of carbonyl (C=O) groups is 2. The average molecular weight is 509 g/mol. The van der Waals surface area contributed by atoms with Crippen LogP contribution in [-0.2, 0) is 25.5 Å². The van der Waals surface area contributed by atoms with Crippen LogP contribution < -0.4 is 0 Å². The van der Waals surface area contributed by atoms with Crippen LogP contribution in [0.1, 0.15) is 114 Å². The Balaban J connectivity index is 2.65. The number of thioether (sulfide) groups is 1. The SMILES string of the molecule is CCCCCCCCCCCCc1ccccc1C(SCCC(=O)OC)C(O)CCC(=O)OCC. The largest absolute Gasteiger partial charge is 0.469 e. The summed E-state index contributed by atoms with van der Waals surface area (Å²) in [5, 5.41) is 10.8. The van der Waals surface area contributed by atoms with Gasteiger partial charge in [-0.1, -0.05) is 89.0 Å². The molecule has 1 aromatic rings. The predicted octanol–water partition coefficient (Wildman–Crippen LogP) is 7.19. The Hall–Kier alpha value is -1.53. The molecule has 6 heteroatoms. The van der Waals surface area contributed by atoms with Gasteiger partial charge in [-0.2, -0.15) is 11.8 Å². The molecule has 35 heavy (non-hydrogen) atoms. The van der Waals surface area contributed by atoms with Crippen LogP contribution in [-0.4, -0.2) is 42.6 Å². The number of aliphatic hydroxyl groups is 1. The molecule has 0 radical (unpaired) electrons. The molecule has 0 heterocycles. The lowest BCUT2D eigenvalue weighted by Gasteiger charge is -2.25. The minimum atomic E-state index is -0.698. The molecule has 0 fully saturated rings. The smallest absolute Gasteiger partial charge is 0.306 e. The van der Waals surface area contributed by atoms with Gasteiger partial charge in [0.25, 0.3) is 0 Å². The quantitative estimate of drug-likeness (QED) is 0.140. The Morgan fingerprint density at radius 2 is 1.51 bits per heavy atom. The van der Waals surface area contributed by atoms with E-state index in [1.165, 1.54) is 70.5 Å². The van der Waals surface area contributed by atoms with Gasteiger partial charge in [-0.3, -0.25) is 9.59 Å². The molecule has 0 aliphatic rings. The Labute approximate surface area is 217 Å². The second-order valence-corrected chi connectivity index (χ2v) is 10.4. The lowest BCUT2D eigenvalue weighted by Crippen LogP contribution is -2.20. The lowest BCUT2D eigenvalue weighted by molar-refractivity contribution is -0.143. The van der Waals surface area contributed by atoms with Crippen molar-refractivity contribution in [1.82, 2.24) is 0 Å². The summed E-state index contributed by atoms with van der Waals surface area (Å²) < 4.78 is 9.80. The van der Waals surface area contributed by atoms with E-state index in [1.54, 1.807) is 18.7 Å². The first-order valence-electron chi connectivity index (χ1n) is 13.6. The Morgan fingerprint density at radius 3 is 2.14 bits per heavy atom. The maximum absolute atomic E-state index is 11.8. The van der Waals surface area contributed by atoms with Gasteiger partial charge in [0.1, 0.15) is 0 Å². The number of ether oxygens (including phenoxy) is 2. The third kappa shape index (κ3) is 14.6. The molecule has 1 N–H and O–H groups in total. The van der Waals surface area contributed by atoms with Gasteiger partial charge in [-0.25, -0.2) is 0 Å². The van der Waals surface area contributed by atoms with Gasteiger partial charge in [0, 0.05) is 12.2 Å². The van der Waals surface area contributed by atoms with Crippen LogP contribution in [0.4, 0.5) is 0 Å². The second kappa shape index (κ2) is 20.6. The second-order valence-electron chi connectivity index (χ2n) is 9.16. The number of unbranched alkanes of at least 4 members (excludes halogenated alkanes) is 9. The molecule has 1 aromatic carbocycles. The predicted molar refractivity (Wildman–Crippen MR) is 146 cm³/mol. The molecule has 0 bridgehead atoms. The van der Waals surface area contributed by atoms with E-state index in [1.807, 2.05) is 6.07 Å². The van der Waals surface area contributed by atoms with Crippen molar-refractivity contribution in [2.75, 3.05) is 19.5 Å². The van der Waals surface area contributed by atoms with E-state index in [0.29, 0.717) is 25.2 Å². The molecule has 200 valence electrons. The highest BCUT2D eigenvalue weighted by atomic mass is 32.2. The minimum Gasteiger partial charge on any atom is -0.469 e. The number of hydrogen-bond acceptors (Lipinski definition) is 6. The van der Waals surface area contributed by atoms with Crippen LogP contribution >= 0.6 is 11.8 Å². The highest BCUT2D eigenvalue weighted by molar-refractivity contribution is 7.99. The summed E-state index contributed by atoms with van der Waals surface area (Å²) >= 11 is 1.56. The average Bonchev–Trinajstić information content (AvgIpc) is 2.86. The van der Waals surface area contributed by atoms with Crippen LogP contribution in [0, 0.1) is 0 Å². The number of rotatable bonds is 21. The molecule has 1 rings (SSSR count). The van der Waals surface area contributed by atoms with E-state index in [-0.39, 0.29) is 23.6 Å². The monoisotopic (exact) mass is 508 g/mol. The van der Waals surface area contributed by atoms with E-state index in [2.05, 4.69) is 25.1 Å². The summed E-state index contributed by atoms with van der Waals surface area (Å²) in [6.45, 7) is 4.38. The van der Waals surface area contributed by atoms with Crippen molar-refractivity contribution in [3.05, 3.63) is 35.4 Å². The van der Waals surface area contributed by atoms with Crippen LogP contribution in [0.25, 0.3) is 0 Å². The Morgan fingerprint density at radius 1 is 0.886 bits per heavy atom. The molecule has 2 unspecified atom stereocenters. The molecule has 0 spiro atoms. The van der Waals surface area contributed by atoms with Crippen molar-refractivity contribution in [2.24, 2.45) is 0 Å². The Kier molecular flexibility index (Phi) is 18.6. The number of aryl methyl sites for hydroxylation is 1. The number of carbonyl (C=O) groups excluding carboxylic acids is 2. The molecular formula is C29H48O5S. The summed E-state index contributed by atoms with van der Waals surface area (Å²) in [7, 11) is 1.39. The van der Waals surface area contributed by atoms with Gasteiger partial charge in [-0.05, 0) is 37.3 Å². The molecule has 2 atom stereocenters. The molecule has 0 amide bonds. The van der Waals surface area contributed by atoms with Crippen molar-refractivity contribution in [1.29, 1.82) is 0 Å². The topological polar surface area (TPSA) is 72.8 Å². The molecule has 0 saturated carbocycles. The van der Waals surface area contributed by atoms with Gasteiger partial charge in [0.2, 0.25) is 0 Å². The maximum atomic E-state index is 11.8. The van der Waals surface area contributed by atoms with Gasteiger partial charge in [0.05, 0.1) is 31.5 Å². The van der Waals surface area contributed by atoms with Crippen molar-refractivity contribution in [2.45, 2.75) is 115 Å². The number of esters is 2. The summed E-state index contributed by atoms with van der Waals surface area (Å²) in [6.07, 6.45) is 14.1. The number of aliphatic hydroxyl groups excluding tert-OH is 1. The van der Waals surface area contributed by atoms with Crippen molar-refractivity contribution in [3.63, 3.8) is 0 Å². The zero-order valence-corrected chi connectivity index (χ0v) is 23.1. The van der Waals surface area contributed by atoms with E-state index in [4.69, 9.17) is 9.47 Å². The molecule has 5 nitrogen and oxygen atoms in total. The van der Waals surface area contributed by atoms with E-state index < -0.39 is 6.10 Å². The van der Waals surface area contributed by atoms with E-state index in [0.717, 1.165) is 18.4 Å². The van der Waals surface area contributed by atoms with Crippen LogP contribution in [0.3, 0.4) is 0 Å². The van der Waals surface area contributed by atoms with Gasteiger partial charge in [-0.15, -0.1) is 0 Å². The maximum Gasteiger partial charge on any atom is 0.306 e. The van der Waals surface area contributed by atoms with E-state index in [9.17, 15) is 14.7 Å². The lowest BCUT2D eigenvalue weighted by atomic mass is 9.95. The Bertz CT molecular complexity index is 693. The molecule has 0 aliphatic heterocycles. The number of methoxy groups -OCH3 is 1. The summed E-state index contributed by atoms with van der Waals surface area (Å²) in [5.41, 5.74) is 2.35. The third-order valence-electron chi connectivity index (χ3n) is 6.29. The van der Waals surface area contributed by atoms with Gasteiger partial charge >= 0.3 is 11.9 Å². The van der Waals surface area contributed by atoms with Crippen molar-refractivity contribution in [3.8, 4) is 0 Å². The number of benzene rings is 1. The van der Waals surface area contributed by atoms with Crippen LogP contribution in [0.5, 0.6) is 0 Å². The summed E-state index contributed by atoms with van der Waals surface area (Å²) in [6, 6.07) is 8.28. The first-order chi connectivity index (χ1) is 17.0. The molecule has 0 aliphatic carbocycles. The molecular weight excluding hydrogens is 460 g/mol. The normalized spacial score (nSPS) is 12.8. The van der Waals surface area contributed by atoms with E-state index >= 15 is 0 Å². The minimum absolute atomic E-state index is 0.184. The van der Waals surface area contributed by atoms with Gasteiger partial charge in [0.15, 0.2) is 0 Å². The van der Waals surface area contributed by atoms with Crippen molar-refractivity contribution < 1.29 is 24.2 Å². The zero-order valence-electron chi connectivity index (χ0n) is 22.3. The van der Waals surface area contributed by atoms with Crippen LogP contribution in [0.2, 0.25) is 0 Å². The highest BCUT2D eigenvalue weighted by Crippen LogP contribution is 2.37. The fourth-order valence-electron chi connectivity index (χ4n) is 4.27. The van der Waals surface area contributed by atoms with Gasteiger partial charge < -0.3 is 14.6 Å². The highest BCUT2D eigenvalue weighted by Gasteiger charge is 2.25. The first-order valence-corrected chi connectivity index (χ1v) is 14.7. The fourth-order valence-corrected chi connectivity index (χ4v) is 5.58. The molecule has 0 saturated heterocycles. The number of hydrogen-bond donors (Lipinski definition) is 1. The standard InChI is InChI=1S/C29H48O5S/c1-4-6-7-8-9-10-11-12-13-14-17-24-18-15-16-19-25(24)29(35-23-22-27(31)33-3)26(30)20-21-28(32)34-5-2/h15-16,18-19,26,29-30H,4-14,17,20-23H2,1-3H3. The summed E-state index contributed by atoms with van der Waals surface area (Å²) in [5.74, 6) is 0.0137. The third-order valence-corrected chi connectivity index (χ3v) is 7.66. The van der Waals surface area contributed by atoms with Crippen LogP contribution in [0.15, 0.2) is 24.3 Å². The van der Waals surface area contributed by atoms with Crippen molar-refractivity contribution >= 4 is 23.7 Å². The first kappa shape index (κ1) is 31.5. The zero-order chi connectivity index (χ0) is 25.7. The molecule has 0 aromatic heterocycles.